The summed E-state index contributed by atoms with van der Waals surface area (Å²) in [5.41, 5.74) is 0. The lowest BCUT2D eigenvalue weighted by atomic mass is 15.9. The fourth-order valence-corrected chi connectivity index (χ4v) is 0. The first kappa shape index (κ1) is 5.85. The zero-order valence-electron chi connectivity index (χ0n) is 2.06. The van der Waals surface area contributed by atoms with Gasteiger partial charge in [-0.15, -0.1) is 4.20 Å². The highest BCUT2D eigenvalue weighted by Gasteiger charge is 2.03. The molecule has 1 N–H and O–H groups in total. The monoisotopic (exact) mass is 210 g/mol. The number of hydrogen-bond acceptors (Lipinski definition) is 1. The van der Waals surface area contributed by atoms with Crippen LogP contribution in [0, 0.1) is 0 Å². The molecule has 0 spiro atoms. The van der Waals surface area contributed by atoms with E-state index >= 15 is 0 Å². The standard InChI is InChI=1S/FHIO2P/c1-5(2,3)4/h(H,3,4). The quantitative estimate of drug-likeness (QED) is 0.485. The first-order valence-corrected chi connectivity index (χ1v) is 5.06. The van der Waals surface area contributed by atoms with Crippen molar-refractivity contribution in [3.8, 4) is 0 Å². The third-order valence-corrected chi connectivity index (χ3v) is 0. The van der Waals surface area contributed by atoms with Gasteiger partial charge in [-0.05, 0) is 0 Å². The molecule has 0 saturated heterocycles. The summed E-state index contributed by atoms with van der Waals surface area (Å²) in [6.45, 7) is 0. The number of hydrogen-bond donors (Lipinski definition) is 1. The molecule has 1 unspecified atom stereocenters. The first-order chi connectivity index (χ1) is 2.00. The van der Waals surface area contributed by atoms with Crippen molar-refractivity contribution in [3.05, 3.63) is 0 Å². The molecule has 0 radical (unpaired) electrons. The Morgan fingerprint density at radius 1 is 2.00 bits per heavy atom. The van der Waals surface area contributed by atoms with Gasteiger partial charge in [0.2, 0.25) is 0 Å². The molecule has 1 atom stereocenters. The second kappa shape index (κ2) is 1.53. The minimum Gasteiger partial charge on any atom is -0.314 e. The third kappa shape index (κ3) is 54.5. The van der Waals surface area contributed by atoms with Crippen molar-refractivity contribution in [1.82, 2.24) is 0 Å². The molecule has 0 aliphatic rings. The molecule has 0 bridgehead atoms. The van der Waals surface area contributed by atoms with Crippen molar-refractivity contribution in [2.45, 2.75) is 0 Å². The summed E-state index contributed by atoms with van der Waals surface area (Å²) >= 11 is 0.822. The van der Waals surface area contributed by atoms with E-state index < -0.39 is 5.32 Å². The van der Waals surface area contributed by atoms with E-state index in [0.29, 0.717) is 0 Å². The highest BCUT2D eigenvalue weighted by molar-refractivity contribution is 14.2. The van der Waals surface area contributed by atoms with Gasteiger partial charge in [0.05, 0.1) is 22.0 Å². The second-order valence-electron chi connectivity index (χ2n) is 0.435. The maximum atomic E-state index is 10.8. The third-order valence-electron chi connectivity index (χ3n) is 0. The molecule has 5 heavy (non-hydrogen) atoms. The molecule has 0 amide bonds. The highest BCUT2D eigenvalue weighted by atomic mass is 127. The Labute approximate surface area is 41.4 Å². The van der Waals surface area contributed by atoms with Crippen LogP contribution in [0.4, 0.5) is 4.20 Å². The van der Waals surface area contributed by atoms with Crippen LogP contribution >= 0.6 is 27.4 Å². The zero-order valence-corrected chi connectivity index (χ0v) is 5.11. The van der Waals surface area contributed by atoms with E-state index in [4.69, 9.17) is 9.46 Å². The molecule has 0 aromatic heterocycles. The van der Waals surface area contributed by atoms with Gasteiger partial charge in [-0.25, -0.2) is 4.57 Å². The normalized spacial score (nSPS) is 21.4. The molecule has 0 aliphatic carbocycles. The van der Waals surface area contributed by atoms with Crippen LogP contribution in [0.2, 0.25) is 0 Å². The molecule has 0 saturated carbocycles. The molecular formula is HFIO2P. The SMILES string of the molecule is O=P(O)(F)I. The summed E-state index contributed by atoms with van der Waals surface area (Å²) in [4.78, 5) is 7.40. The van der Waals surface area contributed by atoms with Crippen LogP contribution in [0.5, 0.6) is 0 Å². The Bertz CT molecular complexity index is 55.8. The lowest BCUT2D eigenvalue weighted by molar-refractivity contribution is 0.456. The highest BCUT2D eigenvalue weighted by Crippen LogP contribution is 2.51. The summed E-state index contributed by atoms with van der Waals surface area (Å²) in [6.07, 6.45) is 0. The van der Waals surface area contributed by atoms with E-state index in [2.05, 4.69) is 0 Å². The maximum absolute atomic E-state index is 10.8. The zero-order chi connectivity index (χ0) is 4.50. The molecule has 0 aliphatic heterocycles. The second-order valence-corrected chi connectivity index (χ2v) is 4.87. The van der Waals surface area contributed by atoms with Gasteiger partial charge in [0, 0.05) is 0 Å². The summed E-state index contributed by atoms with van der Waals surface area (Å²) in [5.74, 6) is 0. The minimum atomic E-state index is -4.17. The molecule has 0 fully saturated rings. The Morgan fingerprint density at radius 2 is 2.00 bits per heavy atom. The molecule has 0 heterocycles. The Morgan fingerprint density at radius 3 is 2.00 bits per heavy atom. The molecule has 2 nitrogen and oxygen atoms in total. The van der Waals surface area contributed by atoms with Crippen LogP contribution in [-0.2, 0) is 4.57 Å². The van der Waals surface area contributed by atoms with Gasteiger partial charge in [-0.3, -0.25) is 0 Å². The Hall–Kier alpha value is 0.850. The smallest absolute Gasteiger partial charge is 0.314 e. The van der Waals surface area contributed by atoms with Crippen LogP contribution in [0.15, 0.2) is 0 Å². The van der Waals surface area contributed by atoms with Crippen molar-refractivity contribution < 1.29 is 13.7 Å². The van der Waals surface area contributed by atoms with Crippen LogP contribution in [-0.4, -0.2) is 4.89 Å². The summed E-state index contributed by atoms with van der Waals surface area (Å²) in [7, 11) is 0. The topological polar surface area (TPSA) is 37.3 Å². The first-order valence-electron chi connectivity index (χ1n) is 0.721. The van der Waals surface area contributed by atoms with Gasteiger partial charge in [0.25, 0.3) is 0 Å². The molecule has 0 rings (SSSR count). The summed E-state index contributed by atoms with van der Waals surface area (Å²) in [5, 5.41) is -4.17. The molecular weight excluding hydrogens is 209 g/mol. The van der Waals surface area contributed by atoms with E-state index in [1.165, 1.54) is 0 Å². The predicted molar refractivity (Wildman–Crippen MR) is 25.0 cm³/mol. The fourth-order valence-electron chi connectivity index (χ4n) is 0. The van der Waals surface area contributed by atoms with Gasteiger partial charge < -0.3 is 4.89 Å². The average molecular weight is 210 g/mol. The van der Waals surface area contributed by atoms with Gasteiger partial charge >= 0.3 is 5.32 Å². The number of halogens is 2. The molecule has 0 aromatic rings. The minimum absolute atomic E-state index is 0.822. The van der Waals surface area contributed by atoms with E-state index in [0.717, 1.165) is 22.0 Å². The van der Waals surface area contributed by atoms with Gasteiger partial charge in [-0.2, -0.15) is 0 Å². The Balaban J connectivity index is 3.47. The van der Waals surface area contributed by atoms with Crippen LogP contribution in [0.1, 0.15) is 0 Å². The van der Waals surface area contributed by atoms with Crippen LogP contribution in [0.3, 0.4) is 0 Å². The van der Waals surface area contributed by atoms with Crippen LogP contribution < -0.4 is 0 Å². The number of rotatable bonds is 0. The summed E-state index contributed by atoms with van der Waals surface area (Å²) in [6, 6.07) is 0. The van der Waals surface area contributed by atoms with Gasteiger partial charge in [-0.1, -0.05) is 0 Å². The lowest BCUT2D eigenvalue weighted by Crippen LogP contribution is -1.40. The van der Waals surface area contributed by atoms with Crippen molar-refractivity contribution in [1.29, 1.82) is 0 Å². The fraction of sp³-hybridized carbons (Fsp3) is 0. The van der Waals surface area contributed by atoms with Crippen molar-refractivity contribution in [3.63, 3.8) is 0 Å². The van der Waals surface area contributed by atoms with E-state index in [-0.39, 0.29) is 0 Å². The van der Waals surface area contributed by atoms with Crippen molar-refractivity contribution in [2.24, 2.45) is 0 Å². The van der Waals surface area contributed by atoms with Gasteiger partial charge in [0.1, 0.15) is 0 Å². The lowest BCUT2D eigenvalue weighted by Gasteiger charge is -1.76. The Kier molecular flexibility index (Phi) is 1.79. The molecule has 32 valence electrons. The van der Waals surface area contributed by atoms with Crippen molar-refractivity contribution in [2.75, 3.05) is 0 Å². The predicted octanol–water partition coefficient (Wildman–Crippen LogP) is 1.49. The van der Waals surface area contributed by atoms with Crippen LogP contribution in [0.25, 0.3) is 0 Å². The van der Waals surface area contributed by atoms with E-state index in [1.807, 2.05) is 0 Å². The largest absolute Gasteiger partial charge is 0.422 e. The molecule has 5 heteroatoms. The van der Waals surface area contributed by atoms with E-state index in [9.17, 15) is 4.20 Å². The maximum Gasteiger partial charge on any atom is 0.422 e. The summed E-state index contributed by atoms with van der Waals surface area (Å²) < 4.78 is 19.9. The average Bonchev–Trinajstić information content (AvgIpc) is 0.722. The van der Waals surface area contributed by atoms with Crippen molar-refractivity contribution >= 4 is 27.4 Å². The van der Waals surface area contributed by atoms with Gasteiger partial charge in [0.15, 0.2) is 0 Å². The molecule has 0 aromatic carbocycles. The van der Waals surface area contributed by atoms with E-state index in [1.54, 1.807) is 0 Å².